The average molecular weight is 604 g/mol. The normalized spacial score (nSPS) is 17.6. The first-order chi connectivity index (χ1) is 18.4. The number of anilines is 1. The molecule has 0 radical (unpaired) electrons. The number of oxime groups is 1. The van der Waals surface area contributed by atoms with Crippen molar-refractivity contribution in [3.63, 3.8) is 0 Å². The molecule has 19 nitrogen and oxygen atoms in total. The number of nitrogens with one attached hydrogen (secondary N) is 2. The quantitative estimate of drug-likeness (QED) is 0.0480. The Labute approximate surface area is 227 Å². The van der Waals surface area contributed by atoms with Crippen molar-refractivity contribution in [2.24, 2.45) is 5.16 Å². The number of thiazole rings is 1. The molecule has 2 aromatic heterocycles. The van der Waals surface area contributed by atoms with Crippen LogP contribution in [0.3, 0.4) is 0 Å². The number of nitrogen functional groups attached to an aromatic ring is 1. The van der Waals surface area contributed by atoms with Crippen LogP contribution in [0.5, 0.6) is 5.75 Å². The van der Waals surface area contributed by atoms with Gasteiger partial charge in [-0.2, -0.15) is 13.1 Å². The Hall–Kier alpha value is -4.76. The van der Waals surface area contributed by atoms with Gasteiger partial charge in [-0.3, -0.25) is 23.7 Å². The summed E-state index contributed by atoms with van der Waals surface area (Å²) < 4.78 is 33.0. The number of carbonyl (C=O) groups is 4. The third-order valence-corrected chi connectivity index (χ3v) is 6.90. The van der Waals surface area contributed by atoms with Gasteiger partial charge in [0.2, 0.25) is 11.0 Å². The monoisotopic (exact) mass is 603 g/mol. The summed E-state index contributed by atoms with van der Waals surface area (Å²) >= 11 is 0.884. The van der Waals surface area contributed by atoms with Crippen LogP contribution in [0.4, 0.5) is 5.13 Å². The lowest BCUT2D eigenvalue weighted by Gasteiger charge is -2.44. The zero-order valence-corrected chi connectivity index (χ0v) is 22.0. The van der Waals surface area contributed by atoms with Gasteiger partial charge in [0.05, 0.1) is 12.2 Å². The number of aromatic hydroxyl groups is 1. The number of pyridine rings is 1. The first-order valence-electron chi connectivity index (χ1n) is 10.7. The van der Waals surface area contributed by atoms with E-state index in [-0.39, 0.29) is 19.9 Å². The van der Waals surface area contributed by atoms with E-state index in [9.17, 15) is 52.4 Å². The predicted molar refractivity (Wildman–Crippen MR) is 132 cm³/mol. The van der Waals surface area contributed by atoms with Crippen molar-refractivity contribution in [3.8, 4) is 5.75 Å². The number of carbonyl (C=O) groups excluding carboxylic acids is 3. The molecule has 2 unspecified atom stereocenters. The lowest BCUT2D eigenvalue weighted by atomic mass is 9.98. The number of nitrogens with two attached hydrogens (primary N) is 1. The molecule has 8 N–H and O–H groups in total. The number of rotatable bonds is 10. The Bertz CT molecular complexity index is 1580. The molecular formula is C19H21N7O12S2. The number of carboxylic acids is 1. The second kappa shape index (κ2) is 10.8. The van der Waals surface area contributed by atoms with Gasteiger partial charge in [0, 0.05) is 18.0 Å². The van der Waals surface area contributed by atoms with E-state index in [4.69, 9.17) is 10.6 Å². The Balaban J connectivity index is 1.86. The summed E-state index contributed by atoms with van der Waals surface area (Å²) in [5, 5.41) is 37.4. The highest BCUT2D eigenvalue weighted by molar-refractivity contribution is 7.84. The first-order valence-corrected chi connectivity index (χ1v) is 13.0. The van der Waals surface area contributed by atoms with Gasteiger partial charge in [0.15, 0.2) is 16.6 Å². The third-order valence-electron chi connectivity index (χ3n) is 5.28. The maximum Gasteiger partial charge on any atom is 0.362 e. The molecule has 3 rings (SSSR count). The maximum absolute atomic E-state index is 13.1. The van der Waals surface area contributed by atoms with Crippen LogP contribution in [0, 0.1) is 0 Å². The van der Waals surface area contributed by atoms with Gasteiger partial charge < -0.3 is 36.6 Å². The molecule has 0 aromatic carbocycles. The molecule has 2 atom stereocenters. The lowest BCUT2D eigenvalue weighted by molar-refractivity contribution is -0.161. The molecule has 0 bridgehead atoms. The number of hydrogen-bond donors (Lipinski definition) is 7. The Morgan fingerprint density at radius 3 is 2.50 bits per heavy atom. The highest BCUT2D eigenvalue weighted by atomic mass is 32.2. The van der Waals surface area contributed by atoms with Crippen LogP contribution in [0.25, 0.3) is 0 Å². The van der Waals surface area contributed by atoms with Crippen LogP contribution < -0.4 is 21.8 Å². The van der Waals surface area contributed by atoms with Gasteiger partial charge in [-0.05, 0) is 13.8 Å². The van der Waals surface area contributed by atoms with Crippen LogP contribution in [0.2, 0.25) is 0 Å². The van der Waals surface area contributed by atoms with Crippen molar-refractivity contribution < 1.29 is 52.4 Å². The Kier molecular flexibility index (Phi) is 8.03. The second-order valence-electron chi connectivity index (χ2n) is 8.51. The number of β-lactam (4-membered cyclic amide) rings is 1. The van der Waals surface area contributed by atoms with Gasteiger partial charge in [-0.1, -0.05) is 5.16 Å². The fourth-order valence-corrected chi connectivity index (χ4v) is 4.57. The summed E-state index contributed by atoms with van der Waals surface area (Å²) in [7, 11) is -5.18. The summed E-state index contributed by atoms with van der Waals surface area (Å²) in [5.41, 5.74) is 1.14. The fraction of sp³-hybridized carbons (Fsp3) is 0.316. The van der Waals surface area contributed by atoms with E-state index < -0.39 is 80.8 Å². The highest BCUT2D eigenvalue weighted by Gasteiger charge is 2.54. The zero-order chi connectivity index (χ0) is 30.2. The van der Waals surface area contributed by atoms with Gasteiger partial charge in [-0.15, -0.1) is 11.3 Å². The molecule has 21 heteroatoms. The molecule has 40 heavy (non-hydrogen) atoms. The molecule has 1 aliphatic heterocycles. The SMILES string of the molecule is CC(C)(O/N=C(\C(=O)NC1C(=O)N(S(=O)(=O)O)C1CNC(=O)c1cc(=O)c(O)cn1O)c1csc(N)n1)C(=O)O. The van der Waals surface area contributed by atoms with E-state index in [1.807, 2.05) is 0 Å². The van der Waals surface area contributed by atoms with Crippen LogP contribution >= 0.6 is 11.3 Å². The maximum atomic E-state index is 13.1. The highest BCUT2D eigenvalue weighted by Crippen LogP contribution is 2.24. The average Bonchev–Trinajstić information content (AvgIpc) is 3.26. The van der Waals surface area contributed by atoms with E-state index in [2.05, 4.69) is 20.8 Å². The smallest absolute Gasteiger partial charge is 0.362 e. The molecule has 3 heterocycles. The van der Waals surface area contributed by atoms with Crippen molar-refractivity contribution in [1.82, 2.24) is 24.7 Å². The minimum Gasteiger partial charge on any atom is -0.503 e. The van der Waals surface area contributed by atoms with Crippen LogP contribution in [-0.2, 0) is 29.5 Å². The van der Waals surface area contributed by atoms with E-state index in [1.165, 1.54) is 5.38 Å². The molecular weight excluding hydrogens is 582 g/mol. The number of nitrogens with zero attached hydrogens (tertiary/aromatic N) is 4. The molecule has 1 aliphatic rings. The fourth-order valence-electron chi connectivity index (χ4n) is 3.14. The second-order valence-corrected chi connectivity index (χ2v) is 10.7. The van der Waals surface area contributed by atoms with Crippen molar-refractivity contribution in [1.29, 1.82) is 0 Å². The summed E-state index contributed by atoms with van der Waals surface area (Å²) in [5.74, 6) is -5.99. The molecule has 0 saturated carbocycles. The molecule has 0 aliphatic carbocycles. The molecule has 216 valence electrons. The molecule has 3 amide bonds. The van der Waals surface area contributed by atoms with E-state index in [0.717, 1.165) is 25.2 Å². The number of aromatic nitrogens is 2. The number of hydrogen-bond acceptors (Lipinski definition) is 14. The van der Waals surface area contributed by atoms with Crippen LogP contribution in [0.1, 0.15) is 30.0 Å². The first kappa shape index (κ1) is 29.8. The predicted octanol–water partition coefficient (Wildman–Crippen LogP) is -2.66. The summed E-state index contributed by atoms with van der Waals surface area (Å²) in [6, 6.07) is -2.75. The molecule has 0 spiro atoms. The number of carboxylic acid groups (broad SMARTS) is 1. The minimum atomic E-state index is -5.18. The number of amides is 3. The van der Waals surface area contributed by atoms with Crippen LogP contribution in [0.15, 0.2) is 27.6 Å². The summed E-state index contributed by atoms with van der Waals surface area (Å²) in [6.45, 7) is 1.51. The molecule has 1 saturated heterocycles. The Morgan fingerprint density at radius 2 is 1.95 bits per heavy atom. The molecule has 2 aromatic rings. The van der Waals surface area contributed by atoms with Crippen molar-refractivity contribution in [2.45, 2.75) is 31.5 Å². The van der Waals surface area contributed by atoms with E-state index in [1.54, 1.807) is 0 Å². The van der Waals surface area contributed by atoms with E-state index >= 15 is 0 Å². The van der Waals surface area contributed by atoms with Crippen molar-refractivity contribution in [3.05, 3.63) is 39.3 Å². The van der Waals surface area contributed by atoms with Crippen molar-refractivity contribution in [2.75, 3.05) is 12.3 Å². The topological polar surface area (TPSA) is 293 Å². The number of aliphatic carboxylic acids is 1. The van der Waals surface area contributed by atoms with Crippen molar-refractivity contribution >= 4 is 56.2 Å². The van der Waals surface area contributed by atoms with Gasteiger partial charge in [0.1, 0.15) is 17.4 Å². The standard InChI is InChI=1S/C19H21N7O12S2/c1-19(2,17(32)33)38-24-12(7-6-39-18(20)22-7)15(30)23-13-9(26(16(13)31)40(35,36)37)4-21-14(29)8-3-10(27)11(28)5-25(8)34/h3,5-6,9,13,28,34H,4H2,1-2H3,(H2,20,22)(H,21,29)(H,23,30)(H,32,33)(H,35,36,37)/b24-12-. The summed E-state index contributed by atoms with van der Waals surface area (Å²) in [6.07, 6.45) is 0.525. The van der Waals surface area contributed by atoms with Crippen LogP contribution in [-0.4, -0.2) is 96.0 Å². The van der Waals surface area contributed by atoms with Gasteiger partial charge in [0.25, 0.3) is 17.7 Å². The summed E-state index contributed by atoms with van der Waals surface area (Å²) in [4.78, 5) is 69.8. The zero-order valence-electron chi connectivity index (χ0n) is 20.3. The molecule has 1 fully saturated rings. The lowest BCUT2D eigenvalue weighted by Crippen LogP contribution is -2.74. The third kappa shape index (κ3) is 6.10. The van der Waals surface area contributed by atoms with Gasteiger partial charge in [-0.25, -0.2) is 14.1 Å². The minimum absolute atomic E-state index is 0.0116. The Morgan fingerprint density at radius 1 is 1.30 bits per heavy atom. The largest absolute Gasteiger partial charge is 0.503 e. The van der Waals surface area contributed by atoms with E-state index in [0.29, 0.717) is 12.3 Å². The van der Waals surface area contributed by atoms with Gasteiger partial charge >= 0.3 is 16.3 Å².